The van der Waals surface area contributed by atoms with Crippen LogP contribution in [0.3, 0.4) is 0 Å². The molecule has 0 fully saturated rings. The maximum atomic E-state index is 15.0. The van der Waals surface area contributed by atoms with E-state index < -0.39 is 35.7 Å². The van der Waals surface area contributed by atoms with Gasteiger partial charge in [0.2, 0.25) is 18.2 Å². The second-order valence-corrected chi connectivity index (χ2v) is 11.7. The van der Waals surface area contributed by atoms with E-state index >= 15 is 4.39 Å². The van der Waals surface area contributed by atoms with E-state index in [1.165, 1.54) is 10.6 Å². The zero-order chi connectivity index (χ0) is 33.1. The molecule has 244 valence electrons. The van der Waals surface area contributed by atoms with Crippen molar-refractivity contribution in [2.75, 3.05) is 19.9 Å². The van der Waals surface area contributed by atoms with Gasteiger partial charge in [-0.2, -0.15) is 0 Å². The van der Waals surface area contributed by atoms with Gasteiger partial charge in [-0.3, -0.25) is 19.2 Å². The number of carbonyl (C=O) groups excluding carboxylic acids is 4. The van der Waals surface area contributed by atoms with Crippen LogP contribution in [0.1, 0.15) is 60.6 Å². The lowest BCUT2D eigenvalue weighted by Crippen LogP contribution is -2.49. The Morgan fingerprint density at radius 3 is 2.74 bits per heavy atom. The molecule has 2 aliphatic rings. The van der Waals surface area contributed by atoms with Crippen LogP contribution in [0.2, 0.25) is 0 Å². The molecule has 0 radical (unpaired) electrons. The number of hydrogen-bond donors (Lipinski definition) is 4. The first-order valence-corrected chi connectivity index (χ1v) is 15.1. The third kappa shape index (κ3) is 6.49. The van der Waals surface area contributed by atoms with Gasteiger partial charge in [0.05, 0.1) is 35.6 Å². The number of ether oxygens (including phenoxy) is 2. The molecule has 14 heteroatoms. The molecule has 0 bridgehead atoms. The van der Waals surface area contributed by atoms with E-state index in [1.807, 2.05) is 6.07 Å². The molecule has 46 heavy (non-hydrogen) atoms. The zero-order valence-corrected chi connectivity index (χ0v) is 25.8. The quantitative estimate of drug-likeness (QED) is 0.0727. The Kier molecular flexibility index (Phi) is 9.77. The van der Waals surface area contributed by atoms with Gasteiger partial charge in [0.1, 0.15) is 25.2 Å². The molecule has 13 nitrogen and oxygen atoms in total. The standard InChI is InChI=1S/C32H36FN5O8/c1-16(2)27(35-14-39)30(42)34-11-26(40)36-15-45-7-5-4-6-19-17(3)23(33)10-24-20(19)8-18-12-38-25(28(18)37-24)9-21-22(31(38)43)13-46-32(44)29(21)41/h8-10,14,16,27,29,41H,4-7,11-13,15H2,1-3H3,(H,34,42)(H,35,39)(H,36,40). The SMILES string of the molecule is Cc1c(F)cc2nc3c(cc2c1CCCCOCNC(=O)CNC(=O)C(NC=O)C(C)C)Cn1c-3cc2c(c1=O)COC(=O)C2O. The van der Waals surface area contributed by atoms with Crippen molar-refractivity contribution < 1.29 is 38.1 Å². The lowest BCUT2D eigenvalue weighted by molar-refractivity contribution is -0.157. The van der Waals surface area contributed by atoms with Crippen molar-refractivity contribution >= 4 is 35.1 Å². The number of halogens is 1. The number of fused-ring (bicyclic) bond motifs is 5. The molecule has 2 unspecified atom stereocenters. The number of aromatic nitrogens is 2. The third-order valence-electron chi connectivity index (χ3n) is 8.37. The lowest BCUT2D eigenvalue weighted by atomic mass is 9.95. The number of benzene rings is 1. The van der Waals surface area contributed by atoms with Gasteiger partial charge in [-0.05, 0) is 55.4 Å². The fourth-order valence-electron chi connectivity index (χ4n) is 5.82. The predicted molar refractivity (Wildman–Crippen MR) is 163 cm³/mol. The number of aryl methyl sites for hydroxylation is 1. The summed E-state index contributed by atoms with van der Waals surface area (Å²) in [5, 5.41) is 18.6. The van der Waals surface area contributed by atoms with Crippen molar-refractivity contribution in [2.24, 2.45) is 5.92 Å². The minimum absolute atomic E-state index is 0.0481. The van der Waals surface area contributed by atoms with Crippen LogP contribution in [-0.2, 0) is 48.2 Å². The molecule has 5 rings (SSSR count). The number of aliphatic hydroxyl groups is 1. The Hall–Kier alpha value is -4.69. The Morgan fingerprint density at radius 2 is 2.00 bits per heavy atom. The van der Waals surface area contributed by atoms with Crippen molar-refractivity contribution in [3.63, 3.8) is 0 Å². The summed E-state index contributed by atoms with van der Waals surface area (Å²) in [7, 11) is 0. The normalized spacial score (nSPS) is 15.5. The molecule has 0 saturated heterocycles. The van der Waals surface area contributed by atoms with Gasteiger partial charge in [0, 0.05) is 29.2 Å². The number of esters is 1. The summed E-state index contributed by atoms with van der Waals surface area (Å²) >= 11 is 0. The van der Waals surface area contributed by atoms with Gasteiger partial charge >= 0.3 is 5.97 Å². The summed E-state index contributed by atoms with van der Waals surface area (Å²) in [6.07, 6.45) is 0.732. The fourth-order valence-corrected chi connectivity index (χ4v) is 5.82. The highest BCUT2D eigenvalue weighted by Crippen LogP contribution is 2.37. The van der Waals surface area contributed by atoms with Crippen molar-refractivity contribution in [3.05, 3.63) is 62.2 Å². The van der Waals surface area contributed by atoms with Crippen LogP contribution in [0.4, 0.5) is 4.39 Å². The molecule has 2 atom stereocenters. The van der Waals surface area contributed by atoms with Crippen molar-refractivity contribution in [1.29, 1.82) is 0 Å². The first-order valence-electron chi connectivity index (χ1n) is 15.1. The van der Waals surface area contributed by atoms with Crippen LogP contribution in [0.5, 0.6) is 0 Å². The summed E-state index contributed by atoms with van der Waals surface area (Å²) in [6, 6.07) is 4.15. The van der Waals surface area contributed by atoms with Crippen molar-refractivity contribution in [1.82, 2.24) is 25.5 Å². The zero-order valence-electron chi connectivity index (χ0n) is 25.8. The number of unbranched alkanes of at least 4 members (excludes halogenated alkanes) is 1. The molecule has 2 aromatic heterocycles. The maximum absolute atomic E-state index is 15.0. The van der Waals surface area contributed by atoms with Gasteiger partial charge in [-0.1, -0.05) is 13.8 Å². The van der Waals surface area contributed by atoms with Gasteiger partial charge in [0.25, 0.3) is 5.56 Å². The number of carbonyl (C=O) groups is 4. The number of rotatable bonds is 13. The smallest absolute Gasteiger partial charge is 0.340 e. The Balaban J connectivity index is 1.18. The molecule has 0 spiro atoms. The number of pyridine rings is 2. The molecular weight excluding hydrogens is 601 g/mol. The van der Waals surface area contributed by atoms with E-state index in [1.54, 1.807) is 26.8 Å². The number of nitrogens with zero attached hydrogens (tertiary/aromatic N) is 2. The minimum atomic E-state index is -1.55. The van der Waals surface area contributed by atoms with Crippen LogP contribution >= 0.6 is 0 Å². The highest BCUT2D eigenvalue weighted by molar-refractivity contribution is 5.89. The number of amides is 3. The predicted octanol–water partition coefficient (Wildman–Crippen LogP) is 1.26. The average molecular weight is 638 g/mol. The number of cyclic esters (lactones) is 1. The first kappa shape index (κ1) is 32.7. The largest absolute Gasteiger partial charge is 0.458 e. The molecule has 3 amide bonds. The lowest BCUT2D eigenvalue weighted by Gasteiger charge is -2.21. The maximum Gasteiger partial charge on any atom is 0.340 e. The Bertz CT molecular complexity index is 1770. The number of nitrogens with one attached hydrogen (secondary N) is 3. The van der Waals surface area contributed by atoms with Crippen molar-refractivity contribution in [2.45, 2.75) is 65.3 Å². The van der Waals surface area contributed by atoms with Crippen LogP contribution in [0, 0.1) is 18.7 Å². The second kappa shape index (κ2) is 13.7. The van der Waals surface area contributed by atoms with Gasteiger partial charge < -0.3 is 35.1 Å². The van der Waals surface area contributed by atoms with Crippen LogP contribution < -0.4 is 21.5 Å². The first-order chi connectivity index (χ1) is 22.0. The van der Waals surface area contributed by atoms with Crippen LogP contribution in [-0.4, -0.2) is 64.8 Å². The molecule has 0 saturated carbocycles. The van der Waals surface area contributed by atoms with Gasteiger partial charge in [-0.25, -0.2) is 14.2 Å². The minimum Gasteiger partial charge on any atom is -0.458 e. The van der Waals surface area contributed by atoms with Gasteiger partial charge in [0.15, 0.2) is 6.10 Å². The van der Waals surface area contributed by atoms with E-state index in [9.17, 15) is 29.1 Å². The van der Waals surface area contributed by atoms with Crippen molar-refractivity contribution in [3.8, 4) is 11.4 Å². The summed E-state index contributed by atoms with van der Waals surface area (Å²) in [5.74, 6) is -2.25. The highest BCUT2D eigenvalue weighted by Gasteiger charge is 2.34. The summed E-state index contributed by atoms with van der Waals surface area (Å²) in [6.45, 7) is 5.34. The fraction of sp³-hybridized carbons (Fsp3) is 0.438. The number of aliphatic hydroxyl groups excluding tert-OH is 1. The van der Waals surface area contributed by atoms with E-state index in [0.29, 0.717) is 54.7 Å². The van der Waals surface area contributed by atoms with Crippen LogP contribution in [0.15, 0.2) is 23.0 Å². The van der Waals surface area contributed by atoms with E-state index in [0.717, 1.165) is 16.5 Å². The average Bonchev–Trinajstić information content (AvgIpc) is 3.38. The summed E-state index contributed by atoms with van der Waals surface area (Å²) in [4.78, 5) is 64.7. The molecule has 4 heterocycles. The molecule has 1 aromatic carbocycles. The molecule has 3 aromatic rings. The van der Waals surface area contributed by atoms with E-state index in [4.69, 9.17) is 14.5 Å². The second-order valence-electron chi connectivity index (χ2n) is 11.7. The highest BCUT2D eigenvalue weighted by atomic mass is 19.1. The summed E-state index contributed by atoms with van der Waals surface area (Å²) < 4.78 is 27.0. The molecule has 0 aliphatic carbocycles. The molecular formula is C32H36FN5O8. The van der Waals surface area contributed by atoms with E-state index in [-0.39, 0.29) is 49.0 Å². The summed E-state index contributed by atoms with van der Waals surface area (Å²) in [5.41, 5.74) is 3.54. The van der Waals surface area contributed by atoms with Gasteiger partial charge in [-0.15, -0.1) is 0 Å². The van der Waals surface area contributed by atoms with E-state index in [2.05, 4.69) is 16.0 Å². The third-order valence-corrected chi connectivity index (χ3v) is 8.37. The Morgan fingerprint density at radius 1 is 1.22 bits per heavy atom. The van der Waals surface area contributed by atoms with Crippen LogP contribution in [0.25, 0.3) is 22.3 Å². The Labute approximate surface area is 263 Å². The molecule has 4 N–H and O–H groups in total. The monoisotopic (exact) mass is 637 g/mol. The topological polar surface area (TPSA) is 178 Å². The molecule has 2 aliphatic heterocycles. The number of hydrogen-bond acceptors (Lipinski definition) is 9.